The third-order valence-corrected chi connectivity index (χ3v) is 4.69. The molecule has 1 aliphatic rings. The van der Waals surface area contributed by atoms with E-state index in [2.05, 4.69) is 5.32 Å². The summed E-state index contributed by atoms with van der Waals surface area (Å²) in [5, 5.41) is 13.6. The third-order valence-electron chi connectivity index (χ3n) is 4.69. The van der Waals surface area contributed by atoms with E-state index in [1.807, 2.05) is 0 Å². The van der Waals surface area contributed by atoms with Gasteiger partial charge in [-0.2, -0.15) is 0 Å². The zero-order chi connectivity index (χ0) is 23.0. The Labute approximate surface area is 178 Å². The second-order valence-corrected chi connectivity index (χ2v) is 6.73. The maximum atomic E-state index is 14.4. The zero-order valence-electron chi connectivity index (χ0n) is 16.0. The highest BCUT2D eigenvalue weighted by Crippen LogP contribution is 2.35. The molecule has 0 bridgehead atoms. The van der Waals surface area contributed by atoms with Crippen molar-refractivity contribution in [2.45, 2.75) is 0 Å². The largest absolute Gasteiger partial charge is 0.350 e. The second-order valence-electron chi connectivity index (χ2n) is 6.73. The average molecular weight is 439 g/mol. The first-order valence-electron chi connectivity index (χ1n) is 9.12. The van der Waals surface area contributed by atoms with Gasteiger partial charge >= 0.3 is 0 Å². The van der Waals surface area contributed by atoms with Crippen LogP contribution in [0.25, 0.3) is 5.57 Å². The Hall–Kier alpha value is -4.47. The lowest BCUT2D eigenvalue weighted by molar-refractivity contribution is -0.384. The number of imide groups is 1. The number of halogens is 3. The van der Waals surface area contributed by atoms with Crippen molar-refractivity contribution in [1.82, 2.24) is 0 Å². The van der Waals surface area contributed by atoms with Crippen molar-refractivity contribution >= 4 is 34.4 Å². The van der Waals surface area contributed by atoms with Crippen molar-refractivity contribution in [3.05, 3.63) is 106 Å². The molecule has 10 heteroatoms. The zero-order valence-corrected chi connectivity index (χ0v) is 16.0. The van der Waals surface area contributed by atoms with Gasteiger partial charge in [0.25, 0.3) is 17.5 Å². The molecular formula is C22H12F3N3O4. The number of amides is 2. The molecule has 0 saturated heterocycles. The molecule has 32 heavy (non-hydrogen) atoms. The molecule has 0 fully saturated rings. The van der Waals surface area contributed by atoms with Crippen LogP contribution in [0, 0.1) is 27.6 Å². The predicted molar refractivity (Wildman–Crippen MR) is 109 cm³/mol. The van der Waals surface area contributed by atoms with Gasteiger partial charge in [-0.25, -0.2) is 18.1 Å². The Bertz CT molecular complexity index is 1310. The van der Waals surface area contributed by atoms with Gasteiger partial charge in [-0.05, 0) is 48.0 Å². The molecule has 160 valence electrons. The van der Waals surface area contributed by atoms with Crippen molar-refractivity contribution in [2.24, 2.45) is 0 Å². The molecule has 3 aromatic rings. The summed E-state index contributed by atoms with van der Waals surface area (Å²) in [6.45, 7) is 0. The van der Waals surface area contributed by atoms with Crippen molar-refractivity contribution in [3.8, 4) is 0 Å². The number of nitrogens with zero attached hydrogens (tertiary/aromatic N) is 2. The topological polar surface area (TPSA) is 92.5 Å². The van der Waals surface area contributed by atoms with Gasteiger partial charge in [0.05, 0.1) is 16.2 Å². The molecule has 0 unspecified atom stereocenters. The molecule has 0 saturated carbocycles. The van der Waals surface area contributed by atoms with E-state index in [1.165, 1.54) is 30.3 Å². The van der Waals surface area contributed by atoms with Gasteiger partial charge in [0.15, 0.2) is 0 Å². The van der Waals surface area contributed by atoms with Crippen LogP contribution in [0.4, 0.5) is 30.2 Å². The molecule has 0 atom stereocenters. The molecule has 7 nitrogen and oxygen atoms in total. The monoisotopic (exact) mass is 439 g/mol. The van der Waals surface area contributed by atoms with E-state index in [0.717, 1.165) is 30.3 Å². The summed E-state index contributed by atoms with van der Waals surface area (Å²) in [4.78, 5) is 37.0. The number of nitro groups is 1. The highest BCUT2D eigenvalue weighted by atomic mass is 19.1. The van der Waals surface area contributed by atoms with Crippen LogP contribution in [0.3, 0.4) is 0 Å². The fourth-order valence-corrected chi connectivity index (χ4v) is 3.25. The normalized spacial score (nSPS) is 13.7. The van der Waals surface area contributed by atoms with E-state index in [1.54, 1.807) is 0 Å². The highest BCUT2D eigenvalue weighted by molar-refractivity contribution is 6.46. The van der Waals surface area contributed by atoms with Crippen LogP contribution in [0.1, 0.15) is 5.56 Å². The van der Waals surface area contributed by atoms with Crippen LogP contribution in [0.5, 0.6) is 0 Å². The highest BCUT2D eigenvalue weighted by Gasteiger charge is 2.41. The molecule has 0 aromatic heterocycles. The number of benzene rings is 3. The number of non-ortho nitro benzene ring substituents is 1. The van der Waals surface area contributed by atoms with Gasteiger partial charge in [-0.1, -0.05) is 6.07 Å². The van der Waals surface area contributed by atoms with Gasteiger partial charge in [-0.15, -0.1) is 0 Å². The quantitative estimate of drug-likeness (QED) is 0.361. The Morgan fingerprint density at radius 1 is 0.844 bits per heavy atom. The summed E-state index contributed by atoms with van der Waals surface area (Å²) in [6.07, 6.45) is 0. The molecule has 4 rings (SSSR count). The maximum absolute atomic E-state index is 14.4. The van der Waals surface area contributed by atoms with Gasteiger partial charge in [0.1, 0.15) is 23.1 Å². The van der Waals surface area contributed by atoms with Crippen LogP contribution in [0.15, 0.2) is 72.4 Å². The number of rotatable bonds is 5. The molecular weight excluding hydrogens is 427 g/mol. The number of anilines is 2. The number of carbonyl (C=O) groups is 2. The van der Waals surface area contributed by atoms with Crippen LogP contribution in [-0.2, 0) is 9.59 Å². The minimum absolute atomic E-state index is 0.118. The van der Waals surface area contributed by atoms with Crippen LogP contribution in [0.2, 0.25) is 0 Å². The van der Waals surface area contributed by atoms with Gasteiger partial charge in [0.2, 0.25) is 0 Å². The smallest absolute Gasteiger partial charge is 0.282 e. The molecule has 0 radical (unpaired) electrons. The van der Waals surface area contributed by atoms with Crippen molar-refractivity contribution in [3.63, 3.8) is 0 Å². The van der Waals surface area contributed by atoms with E-state index >= 15 is 0 Å². The van der Waals surface area contributed by atoms with E-state index in [9.17, 15) is 32.9 Å². The first-order valence-corrected chi connectivity index (χ1v) is 9.12. The summed E-state index contributed by atoms with van der Waals surface area (Å²) < 4.78 is 41.7. The molecule has 1 aliphatic heterocycles. The fourth-order valence-electron chi connectivity index (χ4n) is 3.25. The minimum atomic E-state index is -1.01. The van der Waals surface area contributed by atoms with E-state index in [-0.39, 0.29) is 28.2 Å². The molecule has 0 spiro atoms. The standard InChI is InChI=1S/C22H12F3N3O4/c23-13-2-1-3-15(10-13)26-20-19(12-4-7-16(8-5-12)28(31)32)21(29)27(22(20)30)18-11-14(24)6-9-17(18)25/h1-11,26H. The summed E-state index contributed by atoms with van der Waals surface area (Å²) in [5.41, 5.74) is -1.17. The van der Waals surface area contributed by atoms with Crippen LogP contribution in [-0.4, -0.2) is 16.7 Å². The van der Waals surface area contributed by atoms with E-state index in [0.29, 0.717) is 11.0 Å². The lowest BCUT2D eigenvalue weighted by Gasteiger charge is -2.16. The number of hydrogen-bond acceptors (Lipinski definition) is 5. The number of carbonyl (C=O) groups excluding carboxylic acids is 2. The van der Waals surface area contributed by atoms with Gasteiger partial charge < -0.3 is 5.32 Å². The van der Waals surface area contributed by atoms with Gasteiger partial charge in [-0.3, -0.25) is 19.7 Å². The third kappa shape index (κ3) is 3.69. The number of hydrogen-bond donors (Lipinski definition) is 1. The Morgan fingerprint density at radius 3 is 2.19 bits per heavy atom. The Balaban J connectivity index is 1.85. The summed E-state index contributed by atoms with van der Waals surface area (Å²) in [6, 6.07) is 12.1. The number of nitrogens with one attached hydrogen (secondary N) is 1. The Morgan fingerprint density at radius 2 is 1.53 bits per heavy atom. The van der Waals surface area contributed by atoms with E-state index < -0.39 is 39.9 Å². The average Bonchev–Trinajstić information content (AvgIpc) is 2.99. The molecule has 3 aromatic carbocycles. The van der Waals surface area contributed by atoms with Crippen molar-refractivity contribution in [1.29, 1.82) is 0 Å². The van der Waals surface area contributed by atoms with Crippen LogP contribution >= 0.6 is 0 Å². The summed E-state index contributed by atoms with van der Waals surface area (Å²) in [7, 11) is 0. The van der Waals surface area contributed by atoms with Crippen molar-refractivity contribution in [2.75, 3.05) is 10.2 Å². The summed E-state index contributed by atoms with van der Waals surface area (Å²) >= 11 is 0. The number of nitro benzene ring substituents is 1. The van der Waals surface area contributed by atoms with Crippen molar-refractivity contribution < 1.29 is 27.7 Å². The SMILES string of the molecule is O=C1C(Nc2cccc(F)c2)=C(c2ccc([N+](=O)[O-])cc2)C(=O)N1c1cc(F)ccc1F. The first kappa shape index (κ1) is 20.8. The van der Waals surface area contributed by atoms with Crippen LogP contribution < -0.4 is 10.2 Å². The Kier molecular flexibility index (Phi) is 5.19. The molecule has 0 aliphatic carbocycles. The first-order chi connectivity index (χ1) is 15.3. The molecule has 1 heterocycles. The predicted octanol–water partition coefficient (Wildman–Crippen LogP) is 4.41. The lowest BCUT2D eigenvalue weighted by atomic mass is 10.0. The van der Waals surface area contributed by atoms with Gasteiger partial charge in [0, 0.05) is 23.9 Å². The summed E-state index contributed by atoms with van der Waals surface area (Å²) in [5.74, 6) is -4.48. The molecule has 1 N–H and O–H groups in total. The second kappa shape index (κ2) is 7.99. The van der Waals surface area contributed by atoms with E-state index in [4.69, 9.17) is 0 Å². The molecule has 2 amide bonds. The maximum Gasteiger partial charge on any atom is 0.282 e. The fraction of sp³-hybridized carbons (Fsp3) is 0. The minimum Gasteiger partial charge on any atom is -0.350 e. The lowest BCUT2D eigenvalue weighted by Crippen LogP contribution is -2.33.